The SMILES string of the molecule is O=C(COCC1CCCO1)NC1CCC2(CC1)CNC(=O)c1ccccc1O2. The Morgan fingerprint density at radius 1 is 1.25 bits per heavy atom. The number of para-hydroxylation sites is 1. The van der Waals surface area contributed by atoms with Crippen LogP contribution in [-0.2, 0) is 14.3 Å². The highest BCUT2D eigenvalue weighted by Gasteiger charge is 2.40. The van der Waals surface area contributed by atoms with Crippen LogP contribution >= 0.6 is 0 Å². The van der Waals surface area contributed by atoms with Gasteiger partial charge in [0, 0.05) is 12.6 Å². The summed E-state index contributed by atoms with van der Waals surface area (Å²) in [5, 5.41) is 6.05. The van der Waals surface area contributed by atoms with Crippen LogP contribution in [0.5, 0.6) is 5.75 Å². The van der Waals surface area contributed by atoms with Crippen molar-refractivity contribution in [2.75, 3.05) is 26.4 Å². The molecule has 1 saturated carbocycles. The second kappa shape index (κ2) is 8.49. The summed E-state index contributed by atoms with van der Waals surface area (Å²) in [6, 6.07) is 7.47. The normalized spacial score (nSPS) is 29.5. The lowest BCUT2D eigenvalue weighted by molar-refractivity contribution is -0.128. The average molecular weight is 388 g/mol. The smallest absolute Gasteiger partial charge is 0.255 e. The van der Waals surface area contributed by atoms with Crippen LogP contribution in [0.3, 0.4) is 0 Å². The predicted molar refractivity (Wildman–Crippen MR) is 102 cm³/mol. The van der Waals surface area contributed by atoms with Gasteiger partial charge in [-0.05, 0) is 50.7 Å². The molecular formula is C21H28N2O5. The number of fused-ring (bicyclic) bond motifs is 1. The number of rotatable bonds is 5. The molecule has 1 aromatic rings. The van der Waals surface area contributed by atoms with E-state index in [1.54, 1.807) is 6.07 Å². The number of benzene rings is 1. The number of nitrogens with one attached hydrogen (secondary N) is 2. The Kier molecular flexibility index (Phi) is 5.82. The van der Waals surface area contributed by atoms with Crippen molar-refractivity contribution in [3.63, 3.8) is 0 Å². The molecular weight excluding hydrogens is 360 g/mol. The largest absolute Gasteiger partial charge is 0.485 e. The van der Waals surface area contributed by atoms with Gasteiger partial charge in [0.1, 0.15) is 18.0 Å². The lowest BCUT2D eigenvalue weighted by Crippen LogP contribution is -2.51. The van der Waals surface area contributed by atoms with Crippen LogP contribution in [0, 0.1) is 0 Å². The van der Waals surface area contributed by atoms with Crippen molar-refractivity contribution in [3.8, 4) is 5.75 Å². The van der Waals surface area contributed by atoms with E-state index < -0.39 is 5.60 Å². The number of hydrogen-bond donors (Lipinski definition) is 2. The molecule has 0 radical (unpaired) electrons. The first-order valence-electron chi connectivity index (χ1n) is 10.2. The Hall–Kier alpha value is -2.12. The maximum absolute atomic E-state index is 12.3. The van der Waals surface area contributed by atoms with Gasteiger partial charge in [0.2, 0.25) is 5.91 Å². The third-order valence-electron chi connectivity index (χ3n) is 5.85. The molecule has 7 heteroatoms. The summed E-state index contributed by atoms with van der Waals surface area (Å²) >= 11 is 0. The first kappa shape index (κ1) is 19.2. The van der Waals surface area contributed by atoms with Gasteiger partial charge in [0.25, 0.3) is 5.91 Å². The summed E-state index contributed by atoms with van der Waals surface area (Å²) in [6.07, 6.45) is 5.40. The molecule has 0 bridgehead atoms. The monoisotopic (exact) mass is 388 g/mol. The molecule has 1 aromatic carbocycles. The second-order valence-electron chi connectivity index (χ2n) is 7.96. The zero-order valence-corrected chi connectivity index (χ0v) is 16.1. The molecule has 1 unspecified atom stereocenters. The highest BCUT2D eigenvalue weighted by atomic mass is 16.5. The van der Waals surface area contributed by atoms with E-state index >= 15 is 0 Å². The fourth-order valence-electron chi connectivity index (χ4n) is 4.24. The van der Waals surface area contributed by atoms with Crippen LogP contribution in [0.25, 0.3) is 0 Å². The van der Waals surface area contributed by atoms with E-state index in [-0.39, 0.29) is 30.6 Å². The van der Waals surface area contributed by atoms with Crippen LogP contribution < -0.4 is 15.4 Å². The number of carbonyl (C=O) groups is 2. The van der Waals surface area contributed by atoms with Gasteiger partial charge < -0.3 is 24.8 Å². The highest BCUT2D eigenvalue weighted by molar-refractivity contribution is 5.97. The quantitative estimate of drug-likeness (QED) is 0.803. The zero-order valence-electron chi connectivity index (χ0n) is 16.1. The Labute approximate surface area is 165 Å². The van der Waals surface area contributed by atoms with E-state index in [1.807, 2.05) is 18.2 Å². The summed E-state index contributed by atoms with van der Waals surface area (Å²) < 4.78 is 17.3. The number of ether oxygens (including phenoxy) is 3. The lowest BCUT2D eigenvalue weighted by atomic mass is 9.81. The first-order valence-corrected chi connectivity index (χ1v) is 10.2. The zero-order chi connectivity index (χ0) is 19.4. The van der Waals surface area contributed by atoms with Gasteiger partial charge >= 0.3 is 0 Å². The summed E-state index contributed by atoms with van der Waals surface area (Å²) in [6.45, 7) is 1.83. The summed E-state index contributed by atoms with van der Waals surface area (Å²) in [4.78, 5) is 24.4. The minimum Gasteiger partial charge on any atom is -0.485 e. The summed E-state index contributed by atoms with van der Waals surface area (Å²) in [5.74, 6) is 0.466. The van der Waals surface area contributed by atoms with Crippen molar-refractivity contribution in [1.29, 1.82) is 0 Å². The van der Waals surface area contributed by atoms with E-state index in [9.17, 15) is 9.59 Å². The van der Waals surface area contributed by atoms with Gasteiger partial charge in [-0.1, -0.05) is 12.1 Å². The Morgan fingerprint density at radius 2 is 2.07 bits per heavy atom. The van der Waals surface area contributed by atoms with Crippen molar-refractivity contribution in [2.24, 2.45) is 0 Å². The van der Waals surface area contributed by atoms with Gasteiger partial charge in [-0.15, -0.1) is 0 Å². The fourth-order valence-corrected chi connectivity index (χ4v) is 4.24. The maximum atomic E-state index is 12.3. The van der Waals surface area contributed by atoms with Crippen LogP contribution in [0.1, 0.15) is 48.9 Å². The van der Waals surface area contributed by atoms with Gasteiger partial charge in [0.15, 0.2) is 0 Å². The molecule has 28 heavy (non-hydrogen) atoms. The standard InChI is InChI=1S/C21H28N2O5/c24-19(13-26-12-16-4-3-11-27-16)23-15-7-9-21(10-8-15)14-22-20(25)17-5-1-2-6-18(17)28-21/h1-2,5-6,15-16H,3-4,7-14H2,(H,22,25)(H,23,24). The van der Waals surface area contributed by atoms with E-state index in [0.29, 0.717) is 24.5 Å². The Bertz CT molecular complexity index is 709. The van der Waals surface area contributed by atoms with Gasteiger partial charge in [-0.2, -0.15) is 0 Å². The molecule has 1 saturated heterocycles. The van der Waals surface area contributed by atoms with E-state index in [2.05, 4.69) is 10.6 Å². The lowest BCUT2D eigenvalue weighted by Gasteiger charge is -2.39. The molecule has 0 aromatic heterocycles. The van der Waals surface area contributed by atoms with Crippen molar-refractivity contribution >= 4 is 11.8 Å². The number of carbonyl (C=O) groups excluding carboxylic acids is 2. The molecule has 152 valence electrons. The molecule has 2 N–H and O–H groups in total. The topological polar surface area (TPSA) is 85.9 Å². The van der Waals surface area contributed by atoms with Gasteiger partial charge in [0.05, 0.1) is 24.8 Å². The van der Waals surface area contributed by atoms with Crippen LogP contribution in [-0.4, -0.2) is 55.9 Å². The second-order valence-corrected chi connectivity index (χ2v) is 7.96. The molecule has 1 atom stereocenters. The third-order valence-corrected chi connectivity index (χ3v) is 5.85. The van der Waals surface area contributed by atoms with Crippen LogP contribution in [0.4, 0.5) is 0 Å². The summed E-state index contributed by atoms with van der Waals surface area (Å²) in [5.41, 5.74) is 0.179. The molecule has 1 spiro atoms. The molecule has 2 aliphatic heterocycles. The first-order chi connectivity index (χ1) is 13.6. The fraction of sp³-hybridized carbons (Fsp3) is 0.619. The molecule has 2 fully saturated rings. The van der Waals surface area contributed by atoms with Crippen molar-refractivity contribution in [2.45, 2.75) is 56.3 Å². The van der Waals surface area contributed by atoms with Crippen LogP contribution in [0.15, 0.2) is 24.3 Å². The maximum Gasteiger partial charge on any atom is 0.255 e. The molecule has 3 aliphatic rings. The minimum atomic E-state index is -0.403. The highest BCUT2D eigenvalue weighted by Crippen LogP contribution is 2.36. The Balaban J connectivity index is 1.25. The molecule has 2 amide bonds. The predicted octanol–water partition coefficient (Wildman–Crippen LogP) is 1.80. The summed E-state index contributed by atoms with van der Waals surface area (Å²) in [7, 11) is 0. The van der Waals surface area contributed by atoms with E-state index in [0.717, 1.165) is 45.1 Å². The Morgan fingerprint density at radius 3 is 2.86 bits per heavy atom. The van der Waals surface area contributed by atoms with E-state index in [1.165, 1.54) is 0 Å². The van der Waals surface area contributed by atoms with Crippen molar-refractivity contribution < 1.29 is 23.8 Å². The average Bonchev–Trinajstić information content (AvgIpc) is 3.17. The van der Waals surface area contributed by atoms with Crippen molar-refractivity contribution in [3.05, 3.63) is 29.8 Å². The third kappa shape index (κ3) is 4.47. The van der Waals surface area contributed by atoms with Gasteiger partial charge in [-0.25, -0.2) is 0 Å². The molecule has 4 rings (SSSR count). The number of hydrogen-bond acceptors (Lipinski definition) is 5. The molecule has 1 aliphatic carbocycles. The molecule has 2 heterocycles. The minimum absolute atomic E-state index is 0.0709. The van der Waals surface area contributed by atoms with Gasteiger partial charge in [-0.3, -0.25) is 9.59 Å². The molecule has 7 nitrogen and oxygen atoms in total. The number of amides is 2. The van der Waals surface area contributed by atoms with Crippen LogP contribution in [0.2, 0.25) is 0 Å². The van der Waals surface area contributed by atoms with Crippen molar-refractivity contribution in [1.82, 2.24) is 10.6 Å². The van der Waals surface area contributed by atoms with E-state index in [4.69, 9.17) is 14.2 Å².